The quantitative estimate of drug-likeness (QED) is 0.243. The molecule has 1 atom stereocenters. The van der Waals surface area contributed by atoms with Crippen LogP contribution in [-0.4, -0.2) is 42.4 Å². The predicted molar refractivity (Wildman–Crippen MR) is 98.7 cm³/mol. The monoisotopic (exact) mass is 343 g/mol. The number of carbonyl (C=O) groups is 1. The van der Waals surface area contributed by atoms with Gasteiger partial charge < -0.3 is 14.7 Å². The molecule has 1 N–H and O–H groups in total. The maximum Gasteiger partial charge on any atom is 0.303 e. The number of unbranched alkanes of at least 4 members (excludes halogenated alkanes) is 10. The van der Waals surface area contributed by atoms with Crippen LogP contribution in [0.4, 0.5) is 0 Å². The number of aliphatic carboxylic acids is 1. The first-order valence-electron chi connectivity index (χ1n) is 10.1. The van der Waals surface area contributed by atoms with E-state index in [1.165, 1.54) is 51.4 Å². The van der Waals surface area contributed by atoms with Gasteiger partial charge in [0.1, 0.15) is 0 Å². The summed E-state index contributed by atoms with van der Waals surface area (Å²) in [5, 5.41) is 21.0. The molecule has 0 saturated heterocycles. The zero-order chi connectivity index (χ0) is 18.3. The molecule has 1 unspecified atom stereocenters. The lowest BCUT2D eigenvalue weighted by Gasteiger charge is -2.42. The molecule has 0 bridgehead atoms. The minimum absolute atomic E-state index is 0.243. The van der Waals surface area contributed by atoms with Crippen LogP contribution in [-0.2, 0) is 4.79 Å². The Morgan fingerprint density at radius 2 is 1.38 bits per heavy atom. The van der Waals surface area contributed by atoms with E-state index in [1.807, 2.05) is 14.1 Å². The van der Waals surface area contributed by atoms with Crippen molar-refractivity contribution in [3.05, 3.63) is 0 Å². The smallest absolute Gasteiger partial charge is 0.303 e. The molecule has 0 rings (SSSR count). The average molecular weight is 344 g/mol. The van der Waals surface area contributed by atoms with E-state index in [2.05, 4.69) is 6.92 Å². The topological polar surface area (TPSA) is 60.4 Å². The van der Waals surface area contributed by atoms with E-state index in [9.17, 15) is 9.90 Å². The second-order valence-electron chi connectivity index (χ2n) is 7.78. The van der Waals surface area contributed by atoms with Gasteiger partial charge >= 0.3 is 5.97 Å². The molecule has 4 nitrogen and oxygen atoms in total. The molecular formula is C20H41NO3. The summed E-state index contributed by atoms with van der Waals surface area (Å²) in [6.07, 6.45) is 14.6. The summed E-state index contributed by atoms with van der Waals surface area (Å²) in [5.74, 6) is -0.726. The Balaban J connectivity index is 3.58. The van der Waals surface area contributed by atoms with Crippen molar-refractivity contribution in [1.29, 1.82) is 0 Å². The Bertz CT molecular complexity index is 305. The van der Waals surface area contributed by atoms with Crippen LogP contribution >= 0.6 is 0 Å². The summed E-state index contributed by atoms with van der Waals surface area (Å²) in [5.41, 5.74) is 0. The van der Waals surface area contributed by atoms with E-state index in [-0.39, 0.29) is 6.42 Å². The van der Waals surface area contributed by atoms with E-state index < -0.39 is 12.2 Å². The van der Waals surface area contributed by atoms with Crippen molar-refractivity contribution in [1.82, 2.24) is 0 Å². The molecule has 144 valence electrons. The normalized spacial score (nSPS) is 13.2. The number of carboxylic acids is 1. The molecule has 0 amide bonds. The van der Waals surface area contributed by atoms with Crippen LogP contribution in [0.15, 0.2) is 0 Å². The third kappa shape index (κ3) is 13.8. The Kier molecular flexibility index (Phi) is 14.3. The molecule has 0 spiro atoms. The molecule has 0 radical (unpaired) electrons. The highest BCUT2D eigenvalue weighted by molar-refractivity contribution is 5.66. The van der Waals surface area contributed by atoms with Crippen LogP contribution in [0.25, 0.3) is 0 Å². The van der Waals surface area contributed by atoms with Crippen molar-refractivity contribution in [2.24, 2.45) is 0 Å². The average Bonchev–Trinajstić information content (AvgIpc) is 2.52. The van der Waals surface area contributed by atoms with Crippen molar-refractivity contribution in [2.75, 3.05) is 20.6 Å². The summed E-state index contributed by atoms with van der Waals surface area (Å²) >= 11 is 0. The van der Waals surface area contributed by atoms with Gasteiger partial charge in [-0.3, -0.25) is 4.79 Å². The van der Waals surface area contributed by atoms with Gasteiger partial charge in [0, 0.05) is 12.6 Å². The van der Waals surface area contributed by atoms with Gasteiger partial charge in [-0.25, -0.2) is 0 Å². The number of hydrogen-bond donors (Lipinski definition) is 1. The lowest BCUT2D eigenvalue weighted by atomic mass is 10.1. The molecule has 0 aromatic carbocycles. The molecule has 0 aromatic rings. The molecule has 24 heavy (non-hydrogen) atoms. The molecule has 0 aliphatic heterocycles. The largest absolute Gasteiger partial charge is 0.806 e. The van der Waals surface area contributed by atoms with Gasteiger partial charge in [0.25, 0.3) is 0 Å². The third-order valence-electron chi connectivity index (χ3n) is 4.96. The number of hydrogen-bond acceptors (Lipinski definition) is 2. The van der Waals surface area contributed by atoms with E-state index in [4.69, 9.17) is 5.11 Å². The fraction of sp³-hybridized carbons (Fsp3) is 0.950. The first-order chi connectivity index (χ1) is 11.4. The van der Waals surface area contributed by atoms with Gasteiger partial charge in [0.2, 0.25) is 0 Å². The van der Waals surface area contributed by atoms with Crippen molar-refractivity contribution in [3.63, 3.8) is 0 Å². The minimum Gasteiger partial charge on any atom is -0.806 e. The first-order valence-corrected chi connectivity index (χ1v) is 10.1. The van der Waals surface area contributed by atoms with Gasteiger partial charge in [-0.15, -0.1) is 0 Å². The maximum absolute atomic E-state index is 12.4. The number of nitrogens with zero attached hydrogens (tertiary/aromatic N) is 1. The summed E-state index contributed by atoms with van der Waals surface area (Å²) in [4.78, 5) is 10.5. The lowest BCUT2D eigenvalue weighted by Crippen LogP contribution is -2.56. The molecule has 4 heteroatoms. The van der Waals surface area contributed by atoms with Gasteiger partial charge in [-0.2, -0.15) is 0 Å². The highest BCUT2D eigenvalue weighted by atomic mass is 16.4. The van der Waals surface area contributed by atoms with Crippen molar-refractivity contribution >= 4 is 5.97 Å². The Morgan fingerprint density at radius 1 is 0.875 bits per heavy atom. The predicted octanol–water partition coefficient (Wildman–Crippen LogP) is 4.32. The molecule has 0 fully saturated rings. The summed E-state index contributed by atoms with van der Waals surface area (Å²) in [6.45, 7) is 3.10. The fourth-order valence-corrected chi connectivity index (χ4v) is 3.10. The fourth-order valence-electron chi connectivity index (χ4n) is 3.10. The lowest BCUT2D eigenvalue weighted by molar-refractivity contribution is -0.985. The van der Waals surface area contributed by atoms with Gasteiger partial charge in [-0.1, -0.05) is 58.3 Å². The number of carboxylic acid groups (broad SMARTS) is 1. The zero-order valence-corrected chi connectivity index (χ0v) is 16.4. The second kappa shape index (κ2) is 14.7. The van der Waals surface area contributed by atoms with Crippen LogP contribution in [0, 0.1) is 0 Å². The Hall–Kier alpha value is -0.610. The van der Waals surface area contributed by atoms with Crippen LogP contribution in [0.2, 0.25) is 0 Å². The van der Waals surface area contributed by atoms with Crippen LogP contribution in [0.1, 0.15) is 96.8 Å². The van der Waals surface area contributed by atoms with E-state index in [1.54, 1.807) is 0 Å². The highest BCUT2D eigenvalue weighted by Gasteiger charge is 2.18. The van der Waals surface area contributed by atoms with Crippen molar-refractivity contribution in [3.8, 4) is 0 Å². The highest BCUT2D eigenvalue weighted by Crippen LogP contribution is 2.15. The SMILES string of the molecule is CCCCCCCCCCCC([O-])[N+](C)(C)CCCCCC(=O)O. The summed E-state index contributed by atoms with van der Waals surface area (Å²) < 4.78 is 0.518. The second-order valence-corrected chi connectivity index (χ2v) is 7.78. The molecule has 0 aliphatic carbocycles. The molecular weight excluding hydrogens is 302 g/mol. The van der Waals surface area contributed by atoms with Crippen LogP contribution in [0.3, 0.4) is 0 Å². The summed E-state index contributed by atoms with van der Waals surface area (Å²) in [7, 11) is 4.03. The molecule has 0 aliphatic rings. The van der Waals surface area contributed by atoms with Crippen LogP contribution < -0.4 is 5.11 Å². The first kappa shape index (κ1) is 23.4. The Labute approximate surface area is 149 Å². The van der Waals surface area contributed by atoms with Gasteiger partial charge in [0.15, 0.2) is 0 Å². The molecule has 0 heterocycles. The zero-order valence-electron chi connectivity index (χ0n) is 16.4. The Morgan fingerprint density at radius 3 is 1.92 bits per heavy atom. The number of quaternary nitrogens is 1. The van der Waals surface area contributed by atoms with E-state index >= 15 is 0 Å². The third-order valence-corrected chi connectivity index (χ3v) is 4.96. The molecule has 0 saturated carbocycles. The maximum atomic E-state index is 12.4. The molecule has 0 aromatic heterocycles. The minimum atomic E-state index is -0.726. The van der Waals surface area contributed by atoms with E-state index in [0.29, 0.717) is 4.48 Å². The van der Waals surface area contributed by atoms with Gasteiger partial charge in [-0.05, 0) is 32.1 Å². The van der Waals surface area contributed by atoms with Gasteiger partial charge in [0.05, 0.1) is 20.6 Å². The van der Waals surface area contributed by atoms with Crippen molar-refractivity contribution in [2.45, 2.75) is 103 Å². The number of rotatable bonds is 17. The summed E-state index contributed by atoms with van der Waals surface area (Å²) in [6, 6.07) is 0. The van der Waals surface area contributed by atoms with E-state index in [0.717, 1.165) is 38.6 Å². The van der Waals surface area contributed by atoms with Crippen molar-refractivity contribution < 1.29 is 19.5 Å². The standard InChI is InChI=1S/C20H41NO3/c1-4-5-6-7-8-9-10-11-13-16-19(22)21(2,3)18-15-12-14-17-20(23)24/h19H,4-18H2,1-3H3,(H,23,24). The van der Waals surface area contributed by atoms with Crippen LogP contribution in [0.5, 0.6) is 0 Å².